The molecule has 0 saturated carbocycles. The number of rotatable bonds is 3. The fraction of sp³-hybridized carbons (Fsp3) is 0. The average molecular weight is 643 g/mol. The molecule has 0 amide bonds. The molecule has 49 heavy (non-hydrogen) atoms. The molecule has 0 fully saturated rings. The third-order valence-corrected chi connectivity index (χ3v) is 11.3. The van der Waals surface area contributed by atoms with E-state index in [9.17, 15) is 0 Å². The van der Waals surface area contributed by atoms with E-state index >= 15 is 0 Å². The predicted molar refractivity (Wildman–Crippen MR) is 208 cm³/mol. The van der Waals surface area contributed by atoms with Crippen LogP contribution in [0.5, 0.6) is 0 Å². The number of hydrogen-bond donors (Lipinski definition) is 0. The summed E-state index contributed by atoms with van der Waals surface area (Å²) >= 11 is 1.89. The molecule has 11 rings (SSSR count). The first-order valence-corrected chi connectivity index (χ1v) is 17.4. The Labute approximate surface area is 285 Å². The normalized spacial score (nSPS) is 12.1. The highest BCUT2D eigenvalue weighted by molar-refractivity contribution is 7.26. The minimum Gasteiger partial charge on any atom is -0.456 e. The van der Waals surface area contributed by atoms with Crippen molar-refractivity contribution < 1.29 is 8.83 Å². The van der Waals surface area contributed by atoms with Crippen molar-refractivity contribution in [1.82, 2.24) is 0 Å². The molecule has 2 nitrogen and oxygen atoms in total. The molecule has 0 aliphatic rings. The second-order valence-corrected chi connectivity index (χ2v) is 13.8. The van der Waals surface area contributed by atoms with Gasteiger partial charge in [-0.15, -0.1) is 11.3 Å². The highest BCUT2D eigenvalue weighted by Gasteiger charge is 2.21. The fourth-order valence-corrected chi connectivity index (χ4v) is 9.18. The minimum absolute atomic E-state index is 0.856. The lowest BCUT2D eigenvalue weighted by Crippen LogP contribution is -1.91. The van der Waals surface area contributed by atoms with Gasteiger partial charge in [-0.25, -0.2) is 0 Å². The molecule has 0 N–H and O–H groups in total. The molecular formula is C46H26O2S. The third kappa shape index (κ3) is 3.88. The van der Waals surface area contributed by atoms with Crippen molar-refractivity contribution in [3.63, 3.8) is 0 Å². The molecule has 0 saturated heterocycles. The van der Waals surface area contributed by atoms with Crippen LogP contribution in [0.2, 0.25) is 0 Å². The van der Waals surface area contributed by atoms with Gasteiger partial charge in [-0.05, 0) is 74.6 Å². The summed E-state index contributed by atoms with van der Waals surface area (Å²) in [5.74, 6) is 0.856. The van der Waals surface area contributed by atoms with E-state index < -0.39 is 0 Å². The molecule has 3 heteroatoms. The van der Waals surface area contributed by atoms with Crippen LogP contribution in [0.25, 0.3) is 108 Å². The largest absolute Gasteiger partial charge is 0.456 e. The van der Waals surface area contributed by atoms with Crippen LogP contribution in [0.4, 0.5) is 0 Å². The Kier molecular flexibility index (Phi) is 5.57. The Hall–Kier alpha value is -6.16. The predicted octanol–water partition coefficient (Wildman–Crippen LogP) is 14.0. The number of fused-ring (bicyclic) bond motifs is 10. The van der Waals surface area contributed by atoms with E-state index in [2.05, 4.69) is 127 Å². The van der Waals surface area contributed by atoms with Crippen LogP contribution in [0, 0.1) is 0 Å². The molecule has 0 atom stereocenters. The second kappa shape index (κ2) is 10.2. The van der Waals surface area contributed by atoms with Gasteiger partial charge in [0, 0.05) is 47.5 Å². The van der Waals surface area contributed by atoms with Gasteiger partial charge in [0.1, 0.15) is 22.5 Å². The minimum atomic E-state index is 0.856. The first-order chi connectivity index (χ1) is 24.3. The monoisotopic (exact) mass is 642 g/mol. The topological polar surface area (TPSA) is 26.3 Å². The van der Waals surface area contributed by atoms with Gasteiger partial charge in [0.05, 0.1) is 0 Å². The summed E-state index contributed by atoms with van der Waals surface area (Å²) in [4.78, 5) is 0. The average Bonchev–Trinajstić information content (AvgIpc) is 3.87. The Morgan fingerprint density at radius 3 is 1.73 bits per heavy atom. The molecule has 11 aromatic rings. The van der Waals surface area contributed by atoms with Gasteiger partial charge < -0.3 is 8.83 Å². The molecule has 0 aliphatic carbocycles. The maximum absolute atomic E-state index is 6.44. The highest BCUT2D eigenvalue weighted by Crippen LogP contribution is 2.48. The lowest BCUT2D eigenvalue weighted by Gasteiger charge is -2.18. The zero-order valence-corrected chi connectivity index (χ0v) is 27.1. The van der Waals surface area contributed by atoms with E-state index in [0.717, 1.165) is 49.8 Å². The summed E-state index contributed by atoms with van der Waals surface area (Å²) in [5, 5.41) is 10.8. The molecule has 8 aromatic carbocycles. The molecular weight excluding hydrogens is 617 g/mol. The molecule has 0 unspecified atom stereocenters. The van der Waals surface area contributed by atoms with E-state index in [-0.39, 0.29) is 0 Å². The van der Waals surface area contributed by atoms with Gasteiger partial charge in [0.15, 0.2) is 0 Å². The van der Waals surface area contributed by atoms with Crippen LogP contribution in [0.1, 0.15) is 0 Å². The van der Waals surface area contributed by atoms with Gasteiger partial charge in [0.2, 0.25) is 0 Å². The Balaban J connectivity index is 1.20. The van der Waals surface area contributed by atoms with Crippen molar-refractivity contribution in [3.8, 4) is 33.6 Å². The van der Waals surface area contributed by atoms with E-state index in [4.69, 9.17) is 8.83 Å². The zero-order chi connectivity index (χ0) is 32.1. The molecule has 3 aromatic heterocycles. The number of thiophene rings is 1. The van der Waals surface area contributed by atoms with E-state index in [1.807, 2.05) is 41.7 Å². The summed E-state index contributed by atoms with van der Waals surface area (Å²) in [7, 11) is 0. The summed E-state index contributed by atoms with van der Waals surface area (Å²) in [6.45, 7) is 0. The van der Waals surface area contributed by atoms with E-state index in [0.29, 0.717) is 0 Å². The first kappa shape index (κ1) is 26.9. The quantitative estimate of drug-likeness (QED) is 0.179. The van der Waals surface area contributed by atoms with Crippen molar-refractivity contribution in [1.29, 1.82) is 0 Å². The van der Waals surface area contributed by atoms with E-state index in [1.165, 1.54) is 58.4 Å². The van der Waals surface area contributed by atoms with Crippen LogP contribution in [0.3, 0.4) is 0 Å². The van der Waals surface area contributed by atoms with E-state index in [1.54, 1.807) is 0 Å². The van der Waals surface area contributed by atoms with Crippen molar-refractivity contribution >= 4 is 86.0 Å². The van der Waals surface area contributed by atoms with Gasteiger partial charge in [0.25, 0.3) is 0 Å². The molecule has 0 bridgehead atoms. The first-order valence-electron chi connectivity index (χ1n) is 16.6. The Morgan fingerprint density at radius 2 is 0.959 bits per heavy atom. The summed E-state index contributed by atoms with van der Waals surface area (Å²) < 4.78 is 15.5. The number of hydrogen-bond acceptors (Lipinski definition) is 3. The molecule has 0 aliphatic heterocycles. The van der Waals surface area contributed by atoms with Crippen LogP contribution in [-0.4, -0.2) is 0 Å². The van der Waals surface area contributed by atoms with Gasteiger partial charge >= 0.3 is 0 Å². The SMILES string of the molecule is c1ccc(-c2cc3c(ccc4oc5ccc(-c6c7ccccc7c(-c7cccc8c7sc7ccccc78)c7ccccc67)cc5c43)o2)cc1. The highest BCUT2D eigenvalue weighted by atomic mass is 32.1. The molecule has 0 spiro atoms. The summed E-state index contributed by atoms with van der Waals surface area (Å²) in [6.07, 6.45) is 0. The smallest absolute Gasteiger partial charge is 0.136 e. The second-order valence-electron chi connectivity index (χ2n) is 12.8. The van der Waals surface area contributed by atoms with Gasteiger partial charge in [-0.1, -0.05) is 121 Å². The zero-order valence-electron chi connectivity index (χ0n) is 26.2. The van der Waals surface area contributed by atoms with Crippen molar-refractivity contribution in [3.05, 3.63) is 158 Å². The molecule has 0 radical (unpaired) electrons. The van der Waals surface area contributed by atoms with Crippen molar-refractivity contribution in [2.75, 3.05) is 0 Å². The third-order valence-electron chi connectivity index (χ3n) is 10.1. The van der Waals surface area contributed by atoms with Crippen molar-refractivity contribution in [2.24, 2.45) is 0 Å². The Morgan fingerprint density at radius 1 is 0.367 bits per heavy atom. The van der Waals surface area contributed by atoms with Crippen LogP contribution in [0.15, 0.2) is 167 Å². The standard InChI is InChI=1S/C46H26O2S/c1-2-11-27(12-3-1)41-26-37-39(48-41)23-24-40-45(37)36-25-28(21-22-38(36)47-40)43-30-14-4-6-16-32(30)44(33-17-7-5-15-31(33)43)35-19-10-18-34-29-13-8-9-20-42(29)49-46(34)35/h1-26H. The van der Waals surface area contributed by atoms with Crippen LogP contribution >= 0.6 is 11.3 Å². The van der Waals surface area contributed by atoms with Gasteiger partial charge in [-0.2, -0.15) is 0 Å². The maximum atomic E-state index is 6.44. The summed E-state index contributed by atoms with van der Waals surface area (Å²) in [5.41, 5.74) is 8.62. The maximum Gasteiger partial charge on any atom is 0.136 e. The molecule has 228 valence electrons. The van der Waals surface area contributed by atoms with Gasteiger partial charge in [-0.3, -0.25) is 0 Å². The lowest BCUT2D eigenvalue weighted by molar-refractivity contribution is 0.631. The van der Waals surface area contributed by atoms with Crippen LogP contribution < -0.4 is 0 Å². The molecule has 3 heterocycles. The number of furan rings is 2. The summed E-state index contributed by atoms with van der Waals surface area (Å²) in [6, 6.07) is 56.5. The van der Waals surface area contributed by atoms with Crippen molar-refractivity contribution in [2.45, 2.75) is 0 Å². The fourth-order valence-electron chi connectivity index (χ4n) is 7.96. The Bertz CT molecular complexity index is 3050. The number of benzene rings is 8. The lowest BCUT2D eigenvalue weighted by atomic mass is 9.85. The van der Waals surface area contributed by atoms with Crippen LogP contribution in [-0.2, 0) is 0 Å².